The number of nitrogens with one attached hydrogen (secondary N) is 1. The molecule has 6 nitrogen and oxygen atoms in total. The first-order valence-electron chi connectivity index (χ1n) is 8.94. The number of carbonyl (C=O) groups excluding carboxylic acids is 1. The highest BCUT2D eigenvalue weighted by atomic mass is 16.5. The van der Waals surface area contributed by atoms with Crippen LogP contribution < -0.4 is 4.90 Å². The summed E-state index contributed by atoms with van der Waals surface area (Å²) < 4.78 is 5.59. The number of nitrogens with zero attached hydrogens (tertiary/aromatic N) is 3. The molecule has 1 fully saturated rings. The van der Waals surface area contributed by atoms with Crippen molar-refractivity contribution in [1.29, 1.82) is 0 Å². The van der Waals surface area contributed by atoms with Crippen LogP contribution in [0, 0.1) is 6.92 Å². The number of aromatic amines is 1. The smallest absolute Gasteiger partial charge is 0.225 e. The predicted octanol–water partition coefficient (Wildman–Crippen LogP) is 2.07. The minimum atomic E-state index is -0.110. The Balaban J connectivity index is 1.41. The summed E-state index contributed by atoms with van der Waals surface area (Å²) in [6.45, 7) is 5.45. The number of anilines is 1. The van der Waals surface area contributed by atoms with E-state index >= 15 is 0 Å². The van der Waals surface area contributed by atoms with Crippen LogP contribution in [0.4, 0.5) is 5.69 Å². The molecule has 0 saturated carbocycles. The number of fused-ring (bicyclic) bond motifs is 1. The molecule has 1 atom stereocenters. The third-order valence-corrected chi connectivity index (χ3v) is 5.07. The molecule has 0 bridgehead atoms. The number of benzene rings is 1. The lowest BCUT2D eigenvalue weighted by atomic mass is 10.1. The predicted molar refractivity (Wildman–Crippen MR) is 95.6 cm³/mol. The van der Waals surface area contributed by atoms with Crippen molar-refractivity contribution >= 4 is 11.6 Å². The molecule has 4 rings (SSSR count). The zero-order chi connectivity index (χ0) is 17.2. The van der Waals surface area contributed by atoms with Gasteiger partial charge in [0.15, 0.2) is 0 Å². The van der Waals surface area contributed by atoms with E-state index in [4.69, 9.17) is 4.74 Å². The van der Waals surface area contributed by atoms with Gasteiger partial charge in [-0.15, -0.1) is 0 Å². The number of H-pyrrole nitrogens is 1. The number of carbonyl (C=O) groups is 1. The standard InChI is InChI=1S/C19H24N4O2/c1-14-12-20-19(21-14)17-13-25-11-10-23(17)18(24)7-9-22-8-6-15-4-2-3-5-16(15)22/h2-5,12,17H,6-11,13H2,1H3,(H,20,21)/t17-/m1/s1. The summed E-state index contributed by atoms with van der Waals surface area (Å²) in [4.78, 5) is 24.7. The quantitative estimate of drug-likeness (QED) is 0.926. The Morgan fingerprint density at radius 3 is 3.08 bits per heavy atom. The van der Waals surface area contributed by atoms with Crippen LogP contribution in [-0.4, -0.2) is 53.6 Å². The number of aryl methyl sites for hydroxylation is 1. The van der Waals surface area contributed by atoms with Crippen molar-refractivity contribution in [3.05, 3.63) is 47.5 Å². The average Bonchev–Trinajstić information content (AvgIpc) is 3.26. The molecule has 0 unspecified atom stereocenters. The van der Waals surface area contributed by atoms with E-state index in [9.17, 15) is 4.79 Å². The Kier molecular flexibility index (Phi) is 4.44. The number of para-hydroxylation sites is 1. The SMILES string of the molecule is Cc1cnc([C@H]2COCCN2C(=O)CCN2CCc3ccccc32)[nH]1. The van der Waals surface area contributed by atoms with E-state index in [-0.39, 0.29) is 11.9 Å². The first-order chi connectivity index (χ1) is 12.2. The number of rotatable bonds is 4. The van der Waals surface area contributed by atoms with Crippen LogP contribution in [0.2, 0.25) is 0 Å². The monoisotopic (exact) mass is 340 g/mol. The van der Waals surface area contributed by atoms with E-state index in [2.05, 4.69) is 39.1 Å². The fourth-order valence-electron chi connectivity index (χ4n) is 3.74. The molecule has 3 heterocycles. The van der Waals surface area contributed by atoms with Gasteiger partial charge in [-0.3, -0.25) is 4.79 Å². The molecule has 2 aliphatic heterocycles. The molecule has 0 spiro atoms. The molecule has 0 aliphatic carbocycles. The largest absolute Gasteiger partial charge is 0.377 e. The van der Waals surface area contributed by atoms with E-state index in [1.807, 2.05) is 11.8 Å². The average molecular weight is 340 g/mol. The van der Waals surface area contributed by atoms with Crippen molar-refractivity contribution in [2.75, 3.05) is 37.7 Å². The van der Waals surface area contributed by atoms with E-state index < -0.39 is 0 Å². The summed E-state index contributed by atoms with van der Waals surface area (Å²) >= 11 is 0. The number of amides is 1. The van der Waals surface area contributed by atoms with Gasteiger partial charge in [-0.05, 0) is 25.0 Å². The first kappa shape index (κ1) is 16.1. The molecule has 0 radical (unpaired) electrons. The Bertz CT molecular complexity index is 757. The zero-order valence-corrected chi connectivity index (χ0v) is 14.6. The summed E-state index contributed by atoms with van der Waals surface area (Å²) in [5.41, 5.74) is 3.65. The third kappa shape index (κ3) is 3.26. The van der Waals surface area contributed by atoms with Crippen molar-refractivity contribution in [2.24, 2.45) is 0 Å². The number of ether oxygens (including phenoxy) is 1. The Morgan fingerprint density at radius 2 is 2.24 bits per heavy atom. The van der Waals surface area contributed by atoms with Gasteiger partial charge in [0.1, 0.15) is 11.9 Å². The molecule has 1 aromatic carbocycles. The van der Waals surface area contributed by atoms with E-state index in [0.717, 1.165) is 31.0 Å². The van der Waals surface area contributed by atoms with Crippen molar-refractivity contribution in [3.8, 4) is 0 Å². The Morgan fingerprint density at radius 1 is 1.36 bits per heavy atom. The fourth-order valence-corrected chi connectivity index (χ4v) is 3.74. The van der Waals surface area contributed by atoms with Crippen molar-refractivity contribution in [2.45, 2.75) is 25.8 Å². The van der Waals surface area contributed by atoms with Crippen molar-refractivity contribution in [3.63, 3.8) is 0 Å². The van der Waals surface area contributed by atoms with Gasteiger partial charge in [-0.1, -0.05) is 18.2 Å². The number of hydrogen-bond acceptors (Lipinski definition) is 4. The summed E-state index contributed by atoms with van der Waals surface area (Å²) in [7, 11) is 0. The van der Waals surface area contributed by atoms with E-state index in [1.165, 1.54) is 11.3 Å². The number of morpholine rings is 1. The van der Waals surface area contributed by atoms with Crippen molar-refractivity contribution < 1.29 is 9.53 Å². The molecule has 2 aliphatic rings. The van der Waals surface area contributed by atoms with Crippen LogP contribution in [0.25, 0.3) is 0 Å². The molecule has 132 valence electrons. The molecule has 1 saturated heterocycles. The highest BCUT2D eigenvalue weighted by Crippen LogP contribution is 2.28. The molecule has 1 amide bonds. The minimum absolute atomic E-state index is 0.110. The third-order valence-electron chi connectivity index (χ3n) is 5.07. The van der Waals surface area contributed by atoms with Gasteiger partial charge in [-0.2, -0.15) is 0 Å². The van der Waals surface area contributed by atoms with Gasteiger partial charge in [0.25, 0.3) is 0 Å². The van der Waals surface area contributed by atoms with Crippen LogP contribution in [-0.2, 0) is 16.0 Å². The van der Waals surface area contributed by atoms with Crippen LogP contribution in [0.15, 0.2) is 30.5 Å². The normalized spacial score (nSPS) is 20.0. The highest BCUT2D eigenvalue weighted by Gasteiger charge is 2.31. The lowest BCUT2D eigenvalue weighted by molar-refractivity contribution is -0.140. The second kappa shape index (κ2) is 6.88. The number of hydrogen-bond donors (Lipinski definition) is 1. The first-order valence-corrected chi connectivity index (χ1v) is 8.94. The Labute approximate surface area is 147 Å². The summed E-state index contributed by atoms with van der Waals surface area (Å²) in [6.07, 6.45) is 3.38. The molecular formula is C19H24N4O2. The zero-order valence-electron chi connectivity index (χ0n) is 14.6. The lowest BCUT2D eigenvalue weighted by Crippen LogP contribution is -2.44. The molecule has 1 N–H and O–H groups in total. The van der Waals surface area contributed by atoms with Gasteiger partial charge in [0.2, 0.25) is 5.91 Å². The molecule has 2 aromatic rings. The summed E-state index contributed by atoms with van der Waals surface area (Å²) in [5.74, 6) is 0.990. The topological polar surface area (TPSA) is 61.5 Å². The van der Waals surface area contributed by atoms with Gasteiger partial charge in [0.05, 0.1) is 13.2 Å². The van der Waals surface area contributed by atoms with Gasteiger partial charge in [0, 0.05) is 43.6 Å². The van der Waals surface area contributed by atoms with Gasteiger partial charge >= 0.3 is 0 Å². The highest BCUT2D eigenvalue weighted by molar-refractivity contribution is 5.77. The molecule has 1 aromatic heterocycles. The van der Waals surface area contributed by atoms with Gasteiger partial charge in [-0.25, -0.2) is 4.98 Å². The fraction of sp³-hybridized carbons (Fsp3) is 0.474. The summed E-state index contributed by atoms with van der Waals surface area (Å²) in [5, 5.41) is 0. The number of aromatic nitrogens is 2. The van der Waals surface area contributed by atoms with Gasteiger partial charge < -0.3 is 19.5 Å². The van der Waals surface area contributed by atoms with Crippen molar-refractivity contribution in [1.82, 2.24) is 14.9 Å². The second-order valence-corrected chi connectivity index (χ2v) is 6.75. The Hall–Kier alpha value is -2.34. The second-order valence-electron chi connectivity index (χ2n) is 6.75. The molecular weight excluding hydrogens is 316 g/mol. The van der Waals surface area contributed by atoms with E-state index in [0.29, 0.717) is 26.2 Å². The molecule has 6 heteroatoms. The van der Waals surface area contributed by atoms with Crippen LogP contribution in [0.3, 0.4) is 0 Å². The maximum atomic E-state index is 12.9. The van der Waals surface area contributed by atoms with Crippen LogP contribution >= 0.6 is 0 Å². The van der Waals surface area contributed by atoms with Crippen LogP contribution in [0.5, 0.6) is 0 Å². The number of imidazole rings is 1. The minimum Gasteiger partial charge on any atom is -0.377 e. The lowest BCUT2D eigenvalue weighted by Gasteiger charge is -2.35. The maximum Gasteiger partial charge on any atom is 0.225 e. The molecule has 25 heavy (non-hydrogen) atoms. The summed E-state index contributed by atoms with van der Waals surface area (Å²) in [6, 6.07) is 8.36. The van der Waals surface area contributed by atoms with Crippen LogP contribution in [0.1, 0.15) is 29.5 Å². The maximum absolute atomic E-state index is 12.9. The van der Waals surface area contributed by atoms with E-state index in [1.54, 1.807) is 6.20 Å².